The summed E-state index contributed by atoms with van der Waals surface area (Å²) >= 11 is -5.66. The van der Waals surface area contributed by atoms with E-state index in [1.807, 2.05) is 0 Å². The molecule has 0 aliphatic heterocycles. The molecular weight excluding hydrogens is 641 g/mol. The number of rotatable bonds is 23. The molecular formula is C30H59BO2Sn2. The third-order valence-corrected chi connectivity index (χ3v) is 33.4. The summed E-state index contributed by atoms with van der Waals surface area (Å²) in [4.78, 5) is 0. The summed E-state index contributed by atoms with van der Waals surface area (Å²) < 4.78 is 23.4. The predicted molar refractivity (Wildman–Crippen MR) is 164 cm³/mol. The van der Waals surface area contributed by atoms with E-state index in [-0.39, 0.29) is 7.12 Å². The average molecular weight is 700 g/mol. The standard InChI is InChI=1S/C6H5BO2.6C4H9.2Sn/c8-7(9)6-4-2-1-3-5-6;6*1-3-4-2;;/h1-5H;6*1,3-4H2,2H3;;/q-2;;;;;;;2*+1. The van der Waals surface area contributed by atoms with E-state index in [2.05, 4.69) is 71.9 Å². The molecule has 0 amide bonds. The number of hydrogen-bond acceptors (Lipinski definition) is 2. The van der Waals surface area contributed by atoms with Crippen LogP contribution < -0.4 is 5.46 Å². The zero-order chi connectivity index (χ0) is 25.8. The van der Waals surface area contributed by atoms with Crippen molar-refractivity contribution in [2.45, 2.75) is 145 Å². The second-order valence-corrected chi connectivity index (χ2v) is 34.4. The van der Waals surface area contributed by atoms with Crippen LogP contribution >= 0.6 is 0 Å². The first-order chi connectivity index (χ1) is 17.0. The summed E-state index contributed by atoms with van der Waals surface area (Å²) in [6, 6.07) is 11.1. The molecule has 0 N–H and O–H groups in total. The van der Waals surface area contributed by atoms with Crippen molar-refractivity contribution in [3.63, 3.8) is 0 Å². The van der Waals surface area contributed by atoms with Gasteiger partial charge in [-0.25, -0.2) is 0 Å². The molecule has 1 rings (SSSR count). The van der Waals surface area contributed by atoms with E-state index in [4.69, 9.17) is 5.98 Å². The van der Waals surface area contributed by atoms with Crippen LogP contribution in [0.1, 0.15) is 119 Å². The maximum absolute atomic E-state index is 7.57. The van der Waals surface area contributed by atoms with E-state index < -0.39 is 37.6 Å². The van der Waals surface area contributed by atoms with Gasteiger partial charge in [0.15, 0.2) is 0 Å². The van der Waals surface area contributed by atoms with E-state index in [0.717, 1.165) is 0 Å². The van der Waals surface area contributed by atoms with Crippen LogP contribution in [0.3, 0.4) is 0 Å². The molecule has 0 bridgehead atoms. The molecule has 202 valence electrons. The monoisotopic (exact) mass is 702 g/mol. The Hall–Kier alpha value is 0.802. The van der Waals surface area contributed by atoms with E-state index in [9.17, 15) is 0 Å². The summed E-state index contributed by atoms with van der Waals surface area (Å²) in [5.74, 6) is 0. The fourth-order valence-electron chi connectivity index (χ4n) is 5.32. The second kappa shape index (κ2) is 20.7. The minimum atomic E-state index is -2.83. The Balaban J connectivity index is 3.42. The van der Waals surface area contributed by atoms with E-state index in [1.54, 1.807) is 0 Å². The van der Waals surface area contributed by atoms with E-state index in [1.165, 1.54) is 109 Å². The Bertz CT molecular complexity index is 536. The molecule has 35 heavy (non-hydrogen) atoms. The molecule has 0 aromatic heterocycles. The van der Waals surface area contributed by atoms with Gasteiger partial charge in [0.2, 0.25) is 0 Å². The van der Waals surface area contributed by atoms with Crippen molar-refractivity contribution in [1.82, 2.24) is 0 Å². The second-order valence-electron chi connectivity index (χ2n) is 11.0. The molecule has 0 spiro atoms. The van der Waals surface area contributed by atoms with Crippen LogP contribution in [0.25, 0.3) is 0 Å². The third kappa shape index (κ3) is 13.4. The van der Waals surface area contributed by atoms with Crippen molar-refractivity contribution in [3.05, 3.63) is 30.3 Å². The molecule has 5 heteroatoms. The van der Waals surface area contributed by atoms with Crippen LogP contribution in [0.4, 0.5) is 0 Å². The molecule has 0 unspecified atom stereocenters. The van der Waals surface area contributed by atoms with Gasteiger partial charge in [-0.2, -0.15) is 0 Å². The topological polar surface area (TPSA) is 18.5 Å². The van der Waals surface area contributed by atoms with Gasteiger partial charge in [-0.3, -0.25) is 0 Å². The fourth-order valence-corrected chi connectivity index (χ4v) is 33.1. The van der Waals surface area contributed by atoms with Crippen molar-refractivity contribution in [1.29, 1.82) is 0 Å². The van der Waals surface area contributed by atoms with Gasteiger partial charge in [-0.05, 0) is 0 Å². The Labute approximate surface area is 230 Å². The molecule has 0 atom stereocenters. The van der Waals surface area contributed by atoms with Gasteiger partial charge in [0.05, 0.1) is 0 Å². The third-order valence-electron chi connectivity index (χ3n) is 7.70. The van der Waals surface area contributed by atoms with E-state index in [0.29, 0.717) is 0 Å². The van der Waals surface area contributed by atoms with E-state index >= 15 is 0 Å². The minimum absolute atomic E-state index is 0.0982. The summed E-state index contributed by atoms with van der Waals surface area (Å²) in [6.07, 6.45) is 15.7. The van der Waals surface area contributed by atoms with Crippen molar-refractivity contribution in [2.75, 3.05) is 0 Å². The normalized spacial score (nSPS) is 12.3. The Kier molecular flexibility index (Phi) is 20.0. The van der Waals surface area contributed by atoms with Gasteiger partial charge >= 0.3 is 232 Å². The maximum atomic E-state index is 7.57. The van der Waals surface area contributed by atoms with Gasteiger partial charge in [-0.15, -0.1) is 0 Å². The van der Waals surface area contributed by atoms with Crippen molar-refractivity contribution in [3.8, 4) is 0 Å². The van der Waals surface area contributed by atoms with Crippen LogP contribution in [0.15, 0.2) is 30.3 Å². The number of hydrogen-bond donors (Lipinski definition) is 0. The Morgan fingerprint density at radius 3 is 1.03 bits per heavy atom. The summed E-state index contributed by atoms with van der Waals surface area (Å²) in [5, 5.41) is 0. The quantitative estimate of drug-likeness (QED) is 0.106. The zero-order valence-corrected chi connectivity index (χ0v) is 30.2. The zero-order valence-electron chi connectivity index (χ0n) is 24.5. The molecule has 0 fully saturated rings. The summed E-state index contributed by atoms with van der Waals surface area (Å²) in [5.41, 5.74) is 1.30. The van der Waals surface area contributed by atoms with Crippen molar-refractivity contribution >= 4 is 50.2 Å². The predicted octanol–water partition coefficient (Wildman–Crippen LogP) is 10.1. The first-order valence-corrected chi connectivity index (χ1v) is 29.9. The van der Waals surface area contributed by atoms with Crippen LogP contribution in [0.2, 0.25) is 26.6 Å². The number of unbranched alkanes of at least 4 members (excludes halogenated alkanes) is 6. The molecule has 0 radical (unpaired) electrons. The first kappa shape index (κ1) is 33.8. The van der Waals surface area contributed by atoms with Crippen LogP contribution in [0, 0.1) is 0 Å². The number of benzene rings is 1. The molecule has 2 nitrogen and oxygen atoms in total. The van der Waals surface area contributed by atoms with Crippen LogP contribution in [-0.4, -0.2) is 44.7 Å². The van der Waals surface area contributed by atoms with Gasteiger partial charge in [-0.1, -0.05) is 0 Å². The molecule has 0 saturated heterocycles. The van der Waals surface area contributed by atoms with Gasteiger partial charge < -0.3 is 0 Å². The fraction of sp³-hybridized carbons (Fsp3) is 0.800. The summed E-state index contributed by atoms with van der Waals surface area (Å²) in [7, 11) is -0.0982. The van der Waals surface area contributed by atoms with Crippen LogP contribution in [0.5, 0.6) is 0 Å². The summed E-state index contributed by atoms with van der Waals surface area (Å²) in [6.45, 7) is 14.1. The van der Waals surface area contributed by atoms with Crippen molar-refractivity contribution < 1.29 is 5.98 Å². The molecule has 0 aliphatic rings. The first-order valence-electron chi connectivity index (χ1n) is 15.4. The SMILES string of the molecule is CCC[CH2][Sn]([CH2]CCC)([CH2]CCC)[O]B([O][Sn]([CH2]CCC)([CH2]CCC)[CH2]CCC)c1ccccc1. The molecule has 0 aliphatic carbocycles. The molecule has 0 saturated carbocycles. The molecule has 1 aromatic rings. The van der Waals surface area contributed by atoms with Crippen LogP contribution in [-0.2, 0) is 5.98 Å². The van der Waals surface area contributed by atoms with Gasteiger partial charge in [0.1, 0.15) is 0 Å². The Morgan fingerprint density at radius 1 is 0.486 bits per heavy atom. The molecule has 0 heterocycles. The average Bonchev–Trinajstić information content (AvgIpc) is 2.90. The Morgan fingerprint density at radius 2 is 0.771 bits per heavy atom. The molecule has 1 aromatic carbocycles. The van der Waals surface area contributed by atoms with Crippen molar-refractivity contribution in [2.24, 2.45) is 0 Å². The van der Waals surface area contributed by atoms with Gasteiger partial charge in [0.25, 0.3) is 0 Å². The van der Waals surface area contributed by atoms with Gasteiger partial charge in [0, 0.05) is 0 Å².